The van der Waals surface area contributed by atoms with Gasteiger partial charge in [-0.25, -0.2) is 0 Å². The number of fused-ring (bicyclic) bond motifs is 1. The Labute approximate surface area is 109 Å². The summed E-state index contributed by atoms with van der Waals surface area (Å²) >= 11 is 4.76. The predicted molar refractivity (Wildman–Crippen MR) is 68.3 cm³/mol. The van der Waals surface area contributed by atoms with E-state index in [1.807, 2.05) is 13.8 Å². The Morgan fingerprint density at radius 3 is 2.50 bits per heavy atom. The number of rotatable bonds is 2. The van der Waals surface area contributed by atoms with Crippen molar-refractivity contribution in [1.29, 1.82) is 0 Å². The highest BCUT2D eigenvalue weighted by Gasteiger charge is 2.29. The summed E-state index contributed by atoms with van der Waals surface area (Å²) in [4.78, 5) is 0. The van der Waals surface area contributed by atoms with Gasteiger partial charge in [-0.05, 0) is 25.5 Å². The van der Waals surface area contributed by atoms with E-state index >= 15 is 0 Å². The van der Waals surface area contributed by atoms with E-state index in [1.165, 1.54) is 0 Å². The molecule has 0 bridgehead atoms. The van der Waals surface area contributed by atoms with Gasteiger partial charge in [0.05, 0.1) is 11.7 Å². The molecule has 0 saturated carbocycles. The number of H-pyrrole nitrogens is 1. The molecule has 0 spiro atoms. The number of benzene rings is 1. The molecule has 0 atom stereocenters. The van der Waals surface area contributed by atoms with Crippen LogP contribution in [0.4, 0.5) is 8.78 Å². The van der Waals surface area contributed by atoms with Crippen molar-refractivity contribution in [3.8, 4) is 5.75 Å². The number of nitrogens with one attached hydrogen (secondary N) is 1. The zero-order chi connectivity index (χ0) is 13.9. The Hall–Kier alpha value is -1.36. The minimum atomic E-state index is -3.70. The number of alkyl halides is 3. The van der Waals surface area contributed by atoms with Gasteiger partial charge >= 0.3 is 5.57 Å². The highest BCUT2D eigenvalue weighted by Crippen LogP contribution is 2.34. The summed E-state index contributed by atoms with van der Waals surface area (Å²) in [5.41, 5.74) is -1.76. The number of nitrogens with zero attached hydrogens (tertiary/aromatic N) is 1. The number of aromatic amines is 1. The third kappa shape index (κ3) is 3.10. The summed E-state index contributed by atoms with van der Waals surface area (Å²) in [7, 11) is 0. The van der Waals surface area contributed by atoms with Crippen molar-refractivity contribution < 1.29 is 13.5 Å². The van der Waals surface area contributed by atoms with Crippen LogP contribution in [-0.2, 0) is 0 Å². The molecule has 3 nitrogen and oxygen atoms in total. The standard InChI is InChI=1S/C10H9ClF2N2O.C2H6/c1-5-3-8-7(4-14-15-8)6(2)9(5)16-10(11,12)13;1-2/h3-4H,1-2H3,(H,14,15);1-2H3. The molecule has 1 aromatic carbocycles. The zero-order valence-electron chi connectivity index (χ0n) is 10.6. The van der Waals surface area contributed by atoms with Crippen molar-refractivity contribution in [1.82, 2.24) is 10.2 Å². The van der Waals surface area contributed by atoms with Crippen LogP contribution in [0.5, 0.6) is 5.75 Å². The van der Waals surface area contributed by atoms with Crippen molar-refractivity contribution >= 4 is 22.5 Å². The molecule has 0 unspecified atom stereocenters. The van der Waals surface area contributed by atoms with Crippen LogP contribution >= 0.6 is 11.6 Å². The molecule has 0 aliphatic rings. The van der Waals surface area contributed by atoms with Crippen LogP contribution in [0.3, 0.4) is 0 Å². The first-order chi connectivity index (χ1) is 8.38. The van der Waals surface area contributed by atoms with E-state index in [0.29, 0.717) is 11.1 Å². The number of aromatic nitrogens is 2. The van der Waals surface area contributed by atoms with E-state index in [9.17, 15) is 8.78 Å². The van der Waals surface area contributed by atoms with Crippen LogP contribution in [0.1, 0.15) is 25.0 Å². The fourth-order valence-electron chi connectivity index (χ4n) is 1.68. The van der Waals surface area contributed by atoms with Gasteiger partial charge in [0, 0.05) is 22.6 Å². The zero-order valence-corrected chi connectivity index (χ0v) is 11.4. The summed E-state index contributed by atoms with van der Waals surface area (Å²) in [6, 6.07) is 1.69. The van der Waals surface area contributed by atoms with E-state index in [2.05, 4.69) is 14.9 Å². The Balaban J connectivity index is 0.000000771. The van der Waals surface area contributed by atoms with Crippen LogP contribution in [0.25, 0.3) is 10.9 Å². The maximum Gasteiger partial charge on any atom is 0.487 e. The van der Waals surface area contributed by atoms with Crippen LogP contribution < -0.4 is 4.74 Å². The van der Waals surface area contributed by atoms with E-state index in [4.69, 9.17) is 11.6 Å². The van der Waals surface area contributed by atoms with Gasteiger partial charge < -0.3 is 4.74 Å². The van der Waals surface area contributed by atoms with Crippen LogP contribution in [-0.4, -0.2) is 15.8 Å². The largest absolute Gasteiger partial charge is 0.487 e. The number of ether oxygens (including phenoxy) is 1. The smallest absolute Gasteiger partial charge is 0.419 e. The van der Waals surface area contributed by atoms with Gasteiger partial charge in [-0.15, -0.1) is 8.78 Å². The topological polar surface area (TPSA) is 37.9 Å². The molecule has 0 fully saturated rings. The minimum Gasteiger partial charge on any atom is -0.419 e. The summed E-state index contributed by atoms with van der Waals surface area (Å²) < 4.78 is 29.7. The van der Waals surface area contributed by atoms with Crippen LogP contribution in [0.2, 0.25) is 0 Å². The summed E-state index contributed by atoms with van der Waals surface area (Å²) in [5, 5.41) is 7.34. The van der Waals surface area contributed by atoms with Gasteiger partial charge in [0.25, 0.3) is 0 Å². The lowest BCUT2D eigenvalue weighted by atomic mass is 10.1. The van der Waals surface area contributed by atoms with Gasteiger partial charge in [-0.3, -0.25) is 5.10 Å². The first kappa shape index (κ1) is 14.7. The molecule has 18 heavy (non-hydrogen) atoms. The first-order valence-electron chi connectivity index (χ1n) is 5.57. The van der Waals surface area contributed by atoms with Crippen molar-refractivity contribution in [3.05, 3.63) is 23.4 Å². The summed E-state index contributed by atoms with van der Waals surface area (Å²) in [6.07, 6.45) is 1.56. The van der Waals surface area contributed by atoms with E-state index < -0.39 is 5.57 Å². The monoisotopic (exact) mass is 276 g/mol. The molecule has 1 heterocycles. The number of halogens is 3. The molecular formula is C12H15ClF2N2O. The van der Waals surface area contributed by atoms with Crippen LogP contribution in [0.15, 0.2) is 12.3 Å². The van der Waals surface area contributed by atoms with Crippen molar-refractivity contribution in [3.63, 3.8) is 0 Å². The third-order valence-corrected chi connectivity index (χ3v) is 2.43. The Bertz CT molecular complexity index is 535. The molecule has 1 aromatic heterocycles. The maximum atomic E-state index is 12.6. The molecule has 0 amide bonds. The summed E-state index contributed by atoms with van der Waals surface area (Å²) in [6.45, 7) is 7.36. The van der Waals surface area contributed by atoms with Gasteiger partial charge in [-0.2, -0.15) is 5.10 Å². The lowest BCUT2D eigenvalue weighted by Crippen LogP contribution is -2.17. The lowest BCUT2D eigenvalue weighted by Gasteiger charge is -2.15. The highest BCUT2D eigenvalue weighted by atomic mass is 35.5. The summed E-state index contributed by atoms with van der Waals surface area (Å²) in [5.74, 6) is 0.0916. The maximum absolute atomic E-state index is 12.6. The fourth-order valence-corrected chi connectivity index (χ4v) is 1.76. The molecule has 0 saturated heterocycles. The van der Waals surface area contributed by atoms with Gasteiger partial charge in [0.1, 0.15) is 5.75 Å². The van der Waals surface area contributed by atoms with Gasteiger partial charge in [0.15, 0.2) is 0 Å². The molecule has 2 rings (SSSR count). The predicted octanol–water partition coefficient (Wildman–Crippen LogP) is 4.37. The van der Waals surface area contributed by atoms with E-state index in [0.717, 1.165) is 10.9 Å². The molecule has 0 aliphatic carbocycles. The average molecular weight is 277 g/mol. The third-order valence-electron chi connectivity index (χ3n) is 2.35. The molecule has 100 valence electrons. The highest BCUT2D eigenvalue weighted by molar-refractivity contribution is 6.20. The number of aryl methyl sites for hydroxylation is 2. The van der Waals surface area contributed by atoms with Crippen molar-refractivity contribution in [2.75, 3.05) is 0 Å². The Morgan fingerprint density at radius 1 is 1.33 bits per heavy atom. The molecule has 0 aliphatic heterocycles. The van der Waals surface area contributed by atoms with Crippen LogP contribution in [0, 0.1) is 13.8 Å². The molecule has 2 aromatic rings. The molecular weight excluding hydrogens is 262 g/mol. The normalized spacial score (nSPS) is 11.1. The number of hydrogen-bond acceptors (Lipinski definition) is 2. The van der Waals surface area contributed by atoms with Crippen molar-refractivity contribution in [2.24, 2.45) is 0 Å². The van der Waals surface area contributed by atoms with E-state index in [1.54, 1.807) is 26.1 Å². The molecule has 1 N–H and O–H groups in total. The second-order valence-electron chi connectivity index (χ2n) is 3.53. The Morgan fingerprint density at radius 2 is 1.94 bits per heavy atom. The van der Waals surface area contributed by atoms with Crippen molar-refractivity contribution in [2.45, 2.75) is 33.3 Å². The SMILES string of the molecule is CC.Cc1cc2[nH]ncc2c(C)c1OC(F)(F)Cl. The van der Waals surface area contributed by atoms with E-state index in [-0.39, 0.29) is 5.75 Å². The second kappa shape index (κ2) is 5.52. The number of hydrogen-bond donors (Lipinski definition) is 1. The van der Waals surface area contributed by atoms with Gasteiger partial charge in [-0.1, -0.05) is 13.8 Å². The first-order valence-corrected chi connectivity index (χ1v) is 5.95. The molecule has 0 radical (unpaired) electrons. The minimum absolute atomic E-state index is 0.0916. The Kier molecular flexibility index (Phi) is 4.51. The average Bonchev–Trinajstić information content (AvgIpc) is 2.74. The molecule has 6 heteroatoms. The quantitative estimate of drug-likeness (QED) is 0.827. The fraction of sp³-hybridized carbons (Fsp3) is 0.417. The lowest BCUT2D eigenvalue weighted by molar-refractivity contribution is -0.0971. The second-order valence-corrected chi connectivity index (χ2v) is 3.97. The van der Waals surface area contributed by atoms with Gasteiger partial charge in [0.2, 0.25) is 0 Å².